The fourth-order valence-electron chi connectivity index (χ4n) is 3.38. The minimum absolute atomic E-state index is 0.116. The Balaban J connectivity index is 1.36. The number of rotatable bonds is 8. The van der Waals surface area contributed by atoms with Crippen molar-refractivity contribution in [2.24, 2.45) is 5.92 Å². The summed E-state index contributed by atoms with van der Waals surface area (Å²) in [5, 5.41) is 16.5. The molecule has 156 valence electrons. The number of nitrogens with one attached hydrogen (secondary N) is 1. The maximum absolute atomic E-state index is 12.7. The maximum Gasteiger partial charge on any atom is 0.229 e. The van der Waals surface area contributed by atoms with E-state index >= 15 is 0 Å². The molecule has 1 aliphatic heterocycles. The topological polar surface area (TPSA) is 102 Å². The monoisotopic (exact) mass is 426 g/mol. The Kier molecular flexibility index (Phi) is 6.15. The smallest absolute Gasteiger partial charge is 0.229 e. The van der Waals surface area contributed by atoms with Crippen LogP contribution in [0.5, 0.6) is 0 Å². The van der Waals surface area contributed by atoms with Gasteiger partial charge in [-0.15, -0.1) is 10.2 Å². The summed E-state index contributed by atoms with van der Waals surface area (Å²) in [6.45, 7) is 1.69. The highest BCUT2D eigenvalue weighted by Gasteiger charge is 2.36. The molecule has 1 atom stereocenters. The normalized spacial score (nSPS) is 16.2. The summed E-state index contributed by atoms with van der Waals surface area (Å²) in [5.41, 5.74) is 2.11. The van der Waals surface area contributed by atoms with Crippen LogP contribution in [0, 0.1) is 5.92 Å². The van der Waals surface area contributed by atoms with E-state index in [1.54, 1.807) is 13.3 Å². The van der Waals surface area contributed by atoms with Gasteiger partial charge in [0.1, 0.15) is 11.6 Å². The highest BCUT2D eigenvalue weighted by atomic mass is 32.1. The maximum atomic E-state index is 12.7. The van der Waals surface area contributed by atoms with Gasteiger partial charge in [0.15, 0.2) is 0 Å². The highest BCUT2D eigenvalue weighted by Crippen LogP contribution is 2.28. The van der Waals surface area contributed by atoms with Crippen molar-refractivity contribution in [2.75, 3.05) is 18.6 Å². The summed E-state index contributed by atoms with van der Waals surface area (Å²) in [7, 11) is 1.58. The van der Waals surface area contributed by atoms with Gasteiger partial charge in [0.05, 0.1) is 12.5 Å². The third-order valence-electron chi connectivity index (χ3n) is 4.91. The molecule has 30 heavy (non-hydrogen) atoms. The molecule has 0 bridgehead atoms. The van der Waals surface area contributed by atoms with Crippen LogP contribution in [0.3, 0.4) is 0 Å². The van der Waals surface area contributed by atoms with Gasteiger partial charge in [-0.2, -0.15) is 5.10 Å². The van der Waals surface area contributed by atoms with Crippen LogP contribution in [0.2, 0.25) is 0 Å². The van der Waals surface area contributed by atoms with Crippen molar-refractivity contribution in [3.05, 3.63) is 58.9 Å². The van der Waals surface area contributed by atoms with Crippen LogP contribution in [0.25, 0.3) is 0 Å². The first-order valence-electron chi connectivity index (χ1n) is 9.57. The third-order valence-corrected chi connectivity index (χ3v) is 5.83. The van der Waals surface area contributed by atoms with Crippen molar-refractivity contribution in [3.8, 4) is 0 Å². The molecule has 1 fully saturated rings. The Labute approximate surface area is 177 Å². The van der Waals surface area contributed by atoms with Crippen LogP contribution in [0.4, 0.5) is 5.13 Å². The largest absolute Gasteiger partial charge is 0.377 e. The molecular weight excluding hydrogens is 404 g/mol. The first-order valence-corrected chi connectivity index (χ1v) is 10.4. The lowest BCUT2D eigenvalue weighted by molar-refractivity contribution is -0.126. The predicted molar refractivity (Wildman–Crippen MR) is 111 cm³/mol. The average molecular weight is 427 g/mol. The number of carbonyl (C=O) groups excluding carboxylic acids is 2. The number of hydrogen-bond acceptors (Lipinski definition) is 7. The van der Waals surface area contributed by atoms with Gasteiger partial charge in [-0.1, -0.05) is 35.6 Å². The molecule has 0 aliphatic carbocycles. The van der Waals surface area contributed by atoms with E-state index in [0.29, 0.717) is 36.4 Å². The lowest BCUT2D eigenvalue weighted by Gasteiger charge is -2.14. The van der Waals surface area contributed by atoms with Gasteiger partial charge in [0, 0.05) is 39.0 Å². The molecule has 0 saturated carbocycles. The minimum Gasteiger partial charge on any atom is -0.377 e. The molecular formula is C20H22N6O3S. The average Bonchev–Trinajstić information content (AvgIpc) is 3.49. The summed E-state index contributed by atoms with van der Waals surface area (Å²) >= 11 is 1.30. The Morgan fingerprint density at radius 2 is 2.10 bits per heavy atom. The van der Waals surface area contributed by atoms with Gasteiger partial charge in [0.2, 0.25) is 16.9 Å². The van der Waals surface area contributed by atoms with Gasteiger partial charge in [-0.3, -0.25) is 19.2 Å². The van der Waals surface area contributed by atoms with E-state index in [-0.39, 0.29) is 18.2 Å². The van der Waals surface area contributed by atoms with E-state index in [1.807, 2.05) is 41.2 Å². The number of amides is 2. The number of aromatic nitrogens is 4. The molecule has 2 amide bonds. The summed E-state index contributed by atoms with van der Waals surface area (Å²) in [4.78, 5) is 26.7. The molecule has 1 aromatic carbocycles. The standard InChI is InChI=1S/C20H22N6O3S/c1-29-13-17-23-24-20(30-17)26-12-16(9-18(26)27)19(28)21-10-14-5-2-3-6-15(14)11-25-8-4-7-22-25/h2-8,16H,9-13H2,1H3,(H,21,28). The van der Waals surface area contributed by atoms with Gasteiger partial charge in [-0.25, -0.2) is 0 Å². The number of nitrogens with zero attached hydrogens (tertiary/aromatic N) is 5. The lowest BCUT2D eigenvalue weighted by atomic mass is 10.1. The van der Waals surface area contributed by atoms with Crippen molar-refractivity contribution >= 4 is 28.3 Å². The van der Waals surface area contributed by atoms with Crippen LogP contribution in [0.15, 0.2) is 42.7 Å². The van der Waals surface area contributed by atoms with E-state index in [0.717, 1.165) is 11.1 Å². The number of methoxy groups -OCH3 is 1. The Hall–Kier alpha value is -3.11. The second kappa shape index (κ2) is 9.14. The number of carbonyl (C=O) groups is 2. The van der Waals surface area contributed by atoms with E-state index in [4.69, 9.17) is 4.74 Å². The minimum atomic E-state index is -0.412. The van der Waals surface area contributed by atoms with Gasteiger partial charge in [0.25, 0.3) is 0 Å². The van der Waals surface area contributed by atoms with Crippen molar-refractivity contribution in [1.29, 1.82) is 0 Å². The van der Waals surface area contributed by atoms with Crippen LogP contribution < -0.4 is 10.2 Å². The highest BCUT2D eigenvalue weighted by molar-refractivity contribution is 7.15. The number of ether oxygens (including phenoxy) is 1. The number of hydrogen-bond donors (Lipinski definition) is 1. The second-order valence-electron chi connectivity index (χ2n) is 7.01. The molecule has 4 rings (SSSR count). The van der Waals surface area contributed by atoms with Crippen LogP contribution in [-0.4, -0.2) is 45.4 Å². The molecule has 1 aliphatic rings. The van der Waals surface area contributed by atoms with E-state index in [2.05, 4.69) is 20.6 Å². The van der Waals surface area contributed by atoms with E-state index in [1.165, 1.54) is 16.2 Å². The van der Waals surface area contributed by atoms with Gasteiger partial charge < -0.3 is 10.1 Å². The zero-order valence-corrected chi connectivity index (χ0v) is 17.3. The molecule has 1 N–H and O–H groups in total. The second-order valence-corrected chi connectivity index (χ2v) is 8.05. The van der Waals surface area contributed by atoms with Crippen molar-refractivity contribution in [3.63, 3.8) is 0 Å². The molecule has 9 nitrogen and oxygen atoms in total. The van der Waals surface area contributed by atoms with Crippen LogP contribution in [-0.2, 0) is 34.0 Å². The quantitative estimate of drug-likeness (QED) is 0.587. The fourth-order valence-corrected chi connectivity index (χ4v) is 4.22. The van der Waals surface area contributed by atoms with Gasteiger partial charge >= 0.3 is 0 Å². The number of benzene rings is 1. The first-order chi connectivity index (χ1) is 14.6. The van der Waals surface area contributed by atoms with Gasteiger partial charge in [-0.05, 0) is 17.2 Å². The number of anilines is 1. The molecule has 0 spiro atoms. The van der Waals surface area contributed by atoms with Crippen LogP contribution >= 0.6 is 11.3 Å². The SMILES string of the molecule is COCc1nnc(N2CC(C(=O)NCc3ccccc3Cn3cccn3)CC2=O)s1. The molecule has 10 heteroatoms. The summed E-state index contributed by atoms with van der Waals surface area (Å²) in [6, 6.07) is 9.81. The Morgan fingerprint density at radius 1 is 1.27 bits per heavy atom. The zero-order valence-electron chi connectivity index (χ0n) is 16.5. The molecule has 1 unspecified atom stereocenters. The van der Waals surface area contributed by atoms with Crippen LogP contribution in [0.1, 0.15) is 22.6 Å². The molecule has 3 heterocycles. The summed E-state index contributed by atoms with van der Waals surface area (Å²) in [6.07, 6.45) is 3.81. The molecule has 1 saturated heterocycles. The molecule has 2 aromatic heterocycles. The van der Waals surface area contributed by atoms with E-state index in [9.17, 15) is 9.59 Å². The van der Waals surface area contributed by atoms with Crippen molar-refractivity contribution < 1.29 is 14.3 Å². The summed E-state index contributed by atoms with van der Waals surface area (Å²) in [5.74, 6) is -0.665. The zero-order chi connectivity index (χ0) is 20.9. The molecule has 3 aromatic rings. The third kappa shape index (κ3) is 4.55. The molecule has 0 radical (unpaired) electrons. The van der Waals surface area contributed by atoms with E-state index < -0.39 is 5.92 Å². The Bertz CT molecular complexity index is 1020. The summed E-state index contributed by atoms with van der Waals surface area (Å²) < 4.78 is 6.88. The Morgan fingerprint density at radius 3 is 2.87 bits per heavy atom. The van der Waals surface area contributed by atoms with Crippen molar-refractivity contribution in [1.82, 2.24) is 25.3 Å². The first kappa shape index (κ1) is 20.2. The fraction of sp³-hybridized carbons (Fsp3) is 0.350. The lowest BCUT2D eigenvalue weighted by Crippen LogP contribution is -2.32. The van der Waals surface area contributed by atoms with Crippen molar-refractivity contribution in [2.45, 2.75) is 26.1 Å². The predicted octanol–water partition coefficient (Wildman–Crippen LogP) is 1.60.